The summed E-state index contributed by atoms with van der Waals surface area (Å²) >= 11 is 0. The summed E-state index contributed by atoms with van der Waals surface area (Å²) in [5, 5.41) is 8.49. The molecule has 0 saturated carbocycles. The predicted molar refractivity (Wildman–Crippen MR) is 77.2 cm³/mol. The van der Waals surface area contributed by atoms with Crippen LogP contribution in [-0.2, 0) is 24.3 Å². The number of aliphatic carboxylic acids is 1. The van der Waals surface area contributed by atoms with Crippen LogP contribution in [0.2, 0.25) is 0 Å². The molecule has 0 amide bonds. The molecule has 114 valence electrons. The smallest absolute Gasteiger partial charge is 0.328 e. The van der Waals surface area contributed by atoms with Crippen molar-refractivity contribution in [2.45, 2.75) is 6.42 Å². The molecule has 0 radical (unpaired) electrons. The number of sulfonamides is 1. The molecule has 0 unspecified atom stereocenters. The van der Waals surface area contributed by atoms with Gasteiger partial charge in [0.1, 0.15) is 0 Å². The number of hydrogen-bond acceptors (Lipinski definition) is 5. The first kappa shape index (κ1) is 16.7. The van der Waals surface area contributed by atoms with Gasteiger partial charge in [-0.25, -0.2) is 13.2 Å². The molecular weight excluding hydrogens is 298 g/mol. The molecule has 1 aromatic rings. The molecular formula is C13H15NO6S. The maximum absolute atomic E-state index is 11.7. The van der Waals surface area contributed by atoms with Crippen molar-refractivity contribution in [1.29, 1.82) is 0 Å². The summed E-state index contributed by atoms with van der Waals surface area (Å²) in [5.74, 6) is -2.04. The van der Waals surface area contributed by atoms with Crippen LogP contribution in [0.5, 0.6) is 0 Å². The minimum Gasteiger partial charge on any atom is -0.478 e. The van der Waals surface area contributed by atoms with Gasteiger partial charge in [-0.05, 0) is 23.8 Å². The molecule has 2 N–H and O–H groups in total. The molecule has 1 rings (SSSR count). The molecule has 8 heteroatoms. The van der Waals surface area contributed by atoms with E-state index in [1.165, 1.54) is 25.3 Å². The van der Waals surface area contributed by atoms with Gasteiger partial charge in [0.2, 0.25) is 10.0 Å². The largest absolute Gasteiger partial charge is 0.478 e. The summed E-state index contributed by atoms with van der Waals surface area (Å²) in [7, 11) is -2.46. The summed E-state index contributed by atoms with van der Waals surface area (Å²) < 4.78 is 30.1. The van der Waals surface area contributed by atoms with E-state index in [1.54, 1.807) is 12.1 Å². The number of nitrogens with one attached hydrogen (secondary N) is 1. The monoisotopic (exact) mass is 313 g/mol. The van der Waals surface area contributed by atoms with Crippen molar-refractivity contribution >= 4 is 33.7 Å². The van der Waals surface area contributed by atoms with Crippen LogP contribution in [0.1, 0.15) is 12.0 Å². The number of methoxy groups -OCH3 is 1. The predicted octanol–water partition coefficient (Wildman–Crippen LogP) is 1.09. The van der Waals surface area contributed by atoms with Gasteiger partial charge in [-0.15, -0.1) is 0 Å². The van der Waals surface area contributed by atoms with Crippen molar-refractivity contribution in [2.24, 2.45) is 0 Å². The highest BCUT2D eigenvalue weighted by Crippen LogP contribution is 2.13. The highest BCUT2D eigenvalue weighted by Gasteiger charge is 2.13. The first-order valence-electron chi connectivity index (χ1n) is 5.91. The summed E-state index contributed by atoms with van der Waals surface area (Å²) in [5.41, 5.74) is 0.947. The minimum atomic E-state index is -3.64. The molecule has 21 heavy (non-hydrogen) atoms. The van der Waals surface area contributed by atoms with Crippen molar-refractivity contribution in [2.75, 3.05) is 17.6 Å². The van der Waals surface area contributed by atoms with Gasteiger partial charge < -0.3 is 9.84 Å². The normalized spacial score (nSPS) is 11.3. The van der Waals surface area contributed by atoms with Crippen LogP contribution in [0, 0.1) is 0 Å². The number of benzene rings is 1. The maximum Gasteiger partial charge on any atom is 0.328 e. The highest BCUT2D eigenvalue weighted by atomic mass is 32.2. The van der Waals surface area contributed by atoms with Crippen LogP contribution < -0.4 is 4.72 Å². The van der Waals surface area contributed by atoms with Gasteiger partial charge in [-0.3, -0.25) is 9.52 Å². The quantitative estimate of drug-likeness (QED) is 0.576. The Morgan fingerprint density at radius 1 is 1.29 bits per heavy atom. The van der Waals surface area contributed by atoms with Crippen molar-refractivity contribution in [3.8, 4) is 0 Å². The topological polar surface area (TPSA) is 110 Å². The lowest BCUT2D eigenvalue weighted by Crippen LogP contribution is -2.19. The number of anilines is 1. The third-order valence-corrected chi connectivity index (χ3v) is 3.69. The molecule has 0 aliphatic carbocycles. The van der Waals surface area contributed by atoms with Crippen molar-refractivity contribution in [1.82, 2.24) is 0 Å². The highest BCUT2D eigenvalue weighted by molar-refractivity contribution is 7.92. The van der Waals surface area contributed by atoms with Crippen molar-refractivity contribution < 1.29 is 27.9 Å². The average molecular weight is 313 g/mol. The first-order chi connectivity index (χ1) is 9.82. The van der Waals surface area contributed by atoms with Crippen LogP contribution in [0.25, 0.3) is 6.08 Å². The van der Waals surface area contributed by atoms with E-state index in [2.05, 4.69) is 9.46 Å². The van der Waals surface area contributed by atoms with Gasteiger partial charge in [0.25, 0.3) is 0 Å². The summed E-state index contributed by atoms with van der Waals surface area (Å²) in [6, 6.07) is 6.13. The molecule has 0 bridgehead atoms. The summed E-state index contributed by atoms with van der Waals surface area (Å²) in [4.78, 5) is 21.3. The lowest BCUT2D eigenvalue weighted by molar-refractivity contribution is -0.140. The third-order valence-electron chi connectivity index (χ3n) is 2.40. The molecule has 0 atom stereocenters. The molecule has 7 nitrogen and oxygen atoms in total. The van der Waals surface area contributed by atoms with Crippen LogP contribution >= 0.6 is 0 Å². The number of ether oxygens (including phenoxy) is 1. The zero-order chi connectivity index (χ0) is 15.9. The Hall–Kier alpha value is -2.35. The fourth-order valence-electron chi connectivity index (χ4n) is 1.38. The van der Waals surface area contributed by atoms with Gasteiger partial charge >= 0.3 is 11.9 Å². The number of carboxylic acid groups (broad SMARTS) is 1. The van der Waals surface area contributed by atoms with Gasteiger partial charge in [0.15, 0.2) is 0 Å². The summed E-state index contributed by atoms with van der Waals surface area (Å²) in [6.07, 6.45) is 2.14. The van der Waals surface area contributed by atoms with Crippen LogP contribution in [0.3, 0.4) is 0 Å². The Balaban J connectivity index is 2.66. The van der Waals surface area contributed by atoms with Crippen LogP contribution in [0.15, 0.2) is 30.3 Å². The van der Waals surface area contributed by atoms with E-state index in [0.717, 1.165) is 6.08 Å². The number of esters is 1. The Bertz CT molecular complexity index is 633. The Morgan fingerprint density at radius 2 is 1.90 bits per heavy atom. The number of carbonyl (C=O) groups is 2. The minimum absolute atomic E-state index is 0.231. The molecule has 0 saturated heterocycles. The van der Waals surface area contributed by atoms with Crippen LogP contribution in [-0.4, -0.2) is 38.3 Å². The Kier molecular flexibility index (Phi) is 5.92. The fraction of sp³-hybridized carbons (Fsp3) is 0.231. The number of carboxylic acids is 1. The van der Waals surface area contributed by atoms with E-state index in [0.29, 0.717) is 11.3 Å². The van der Waals surface area contributed by atoms with Gasteiger partial charge in [-0.2, -0.15) is 0 Å². The summed E-state index contributed by atoms with van der Waals surface area (Å²) in [6.45, 7) is 0. The second-order valence-corrected chi connectivity index (χ2v) is 5.88. The SMILES string of the molecule is COC(=O)CCS(=O)(=O)Nc1ccc(C=CC(=O)O)cc1. The zero-order valence-electron chi connectivity index (χ0n) is 11.3. The number of carbonyl (C=O) groups excluding carboxylic acids is 1. The van der Waals surface area contributed by atoms with E-state index in [1.807, 2.05) is 0 Å². The standard InChI is InChI=1S/C13H15NO6S/c1-20-13(17)8-9-21(18,19)14-11-5-2-10(3-6-11)4-7-12(15)16/h2-7,14H,8-9H2,1H3,(H,15,16). The lowest BCUT2D eigenvalue weighted by atomic mass is 10.2. The number of hydrogen-bond donors (Lipinski definition) is 2. The average Bonchev–Trinajstić information content (AvgIpc) is 2.43. The van der Waals surface area contributed by atoms with Gasteiger partial charge in [-0.1, -0.05) is 12.1 Å². The molecule has 0 aromatic heterocycles. The second-order valence-electron chi connectivity index (χ2n) is 4.04. The maximum atomic E-state index is 11.7. The van der Waals surface area contributed by atoms with E-state index in [-0.39, 0.29) is 12.2 Å². The number of rotatable bonds is 7. The van der Waals surface area contributed by atoms with Crippen molar-refractivity contribution in [3.63, 3.8) is 0 Å². The lowest BCUT2D eigenvalue weighted by Gasteiger charge is -2.07. The third kappa shape index (κ3) is 6.57. The fourth-order valence-corrected chi connectivity index (χ4v) is 2.41. The molecule has 0 fully saturated rings. The van der Waals surface area contributed by atoms with E-state index in [4.69, 9.17) is 5.11 Å². The molecule has 0 spiro atoms. The molecule has 1 aromatic carbocycles. The molecule has 0 heterocycles. The second kappa shape index (κ2) is 7.44. The van der Waals surface area contributed by atoms with E-state index >= 15 is 0 Å². The van der Waals surface area contributed by atoms with E-state index in [9.17, 15) is 18.0 Å². The van der Waals surface area contributed by atoms with Crippen LogP contribution in [0.4, 0.5) is 5.69 Å². The van der Waals surface area contributed by atoms with Gasteiger partial charge in [0.05, 0.1) is 19.3 Å². The first-order valence-corrected chi connectivity index (χ1v) is 7.56. The van der Waals surface area contributed by atoms with E-state index < -0.39 is 22.0 Å². The molecule has 0 aliphatic rings. The Labute approximate surface area is 122 Å². The Morgan fingerprint density at radius 3 is 2.43 bits per heavy atom. The van der Waals surface area contributed by atoms with Gasteiger partial charge in [0, 0.05) is 11.8 Å². The molecule has 0 aliphatic heterocycles. The van der Waals surface area contributed by atoms with Crippen molar-refractivity contribution in [3.05, 3.63) is 35.9 Å². The zero-order valence-corrected chi connectivity index (χ0v) is 12.1.